The van der Waals surface area contributed by atoms with Crippen molar-refractivity contribution in [2.75, 3.05) is 7.11 Å². The summed E-state index contributed by atoms with van der Waals surface area (Å²) in [6.45, 7) is 2.18. The Morgan fingerprint density at radius 2 is 1.91 bits per heavy atom. The van der Waals surface area contributed by atoms with Crippen LogP contribution in [0.15, 0.2) is 47.3 Å². The molecule has 2 heterocycles. The summed E-state index contributed by atoms with van der Waals surface area (Å²) in [5.41, 5.74) is 1.58. The maximum absolute atomic E-state index is 11.7. The summed E-state index contributed by atoms with van der Waals surface area (Å²) in [5, 5.41) is 10.9. The number of ether oxygens (including phenoxy) is 2. The molecule has 3 aromatic rings. The van der Waals surface area contributed by atoms with E-state index in [1.54, 1.807) is 26.2 Å². The third kappa shape index (κ3) is 3.39. The molecular weight excluding hydrogens is 296 g/mol. The quantitative estimate of drug-likeness (QED) is 0.777. The van der Waals surface area contributed by atoms with Crippen LogP contribution < -0.4 is 15.0 Å². The maximum Gasteiger partial charge on any atom is 0.272 e. The Hall–Kier alpha value is -3.09. The molecule has 0 bridgehead atoms. The number of aromatic amines is 1. The van der Waals surface area contributed by atoms with Crippen molar-refractivity contribution in [1.29, 1.82) is 0 Å². The number of H-pyrrole nitrogens is 1. The molecule has 23 heavy (non-hydrogen) atoms. The molecule has 0 atom stereocenters. The van der Waals surface area contributed by atoms with Crippen LogP contribution >= 0.6 is 0 Å². The first-order chi connectivity index (χ1) is 11.2. The SMILES string of the molecule is COc1ccc(COc2ccc(-n3[nH]c(C)cc3=O)nn2)cc1. The Kier molecular flexibility index (Phi) is 4.09. The van der Waals surface area contributed by atoms with Crippen LogP contribution in [0, 0.1) is 6.92 Å². The zero-order valence-electron chi connectivity index (χ0n) is 12.8. The average Bonchev–Trinajstić information content (AvgIpc) is 2.92. The minimum Gasteiger partial charge on any atom is -0.497 e. The first kappa shape index (κ1) is 14.8. The van der Waals surface area contributed by atoms with Gasteiger partial charge >= 0.3 is 0 Å². The third-order valence-corrected chi connectivity index (χ3v) is 3.25. The number of hydrogen-bond acceptors (Lipinski definition) is 5. The largest absolute Gasteiger partial charge is 0.497 e. The molecule has 7 heteroatoms. The van der Waals surface area contributed by atoms with Crippen LogP contribution in [0.3, 0.4) is 0 Å². The topological polar surface area (TPSA) is 82.0 Å². The van der Waals surface area contributed by atoms with Crippen molar-refractivity contribution < 1.29 is 9.47 Å². The zero-order valence-corrected chi connectivity index (χ0v) is 12.8. The van der Waals surface area contributed by atoms with Gasteiger partial charge in [0.2, 0.25) is 5.88 Å². The standard InChI is InChI=1S/C16H16N4O3/c1-11-9-16(21)20(19-11)14-7-8-15(18-17-14)23-10-12-3-5-13(22-2)6-4-12/h3-9,19H,10H2,1-2H3. The zero-order chi connectivity index (χ0) is 16.2. The smallest absolute Gasteiger partial charge is 0.272 e. The second-order valence-electron chi connectivity index (χ2n) is 4.98. The molecule has 0 saturated carbocycles. The Bertz CT molecular complexity index is 835. The molecule has 0 fully saturated rings. The second kappa shape index (κ2) is 6.35. The van der Waals surface area contributed by atoms with Crippen molar-refractivity contribution in [2.45, 2.75) is 13.5 Å². The van der Waals surface area contributed by atoms with E-state index in [0.717, 1.165) is 17.0 Å². The number of methoxy groups -OCH3 is 1. The monoisotopic (exact) mass is 312 g/mol. The van der Waals surface area contributed by atoms with Crippen molar-refractivity contribution >= 4 is 0 Å². The lowest BCUT2D eigenvalue weighted by Crippen LogP contribution is -2.15. The van der Waals surface area contributed by atoms with Gasteiger partial charge in [-0.3, -0.25) is 9.89 Å². The van der Waals surface area contributed by atoms with Crippen molar-refractivity contribution in [3.8, 4) is 17.4 Å². The van der Waals surface area contributed by atoms with Gasteiger partial charge in [0.05, 0.1) is 7.11 Å². The number of aryl methyl sites for hydroxylation is 1. The summed E-state index contributed by atoms with van der Waals surface area (Å²) in [6, 6.07) is 12.4. The van der Waals surface area contributed by atoms with Crippen LogP contribution in [-0.4, -0.2) is 27.1 Å². The minimum atomic E-state index is -0.177. The fourth-order valence-electron chi connectivity index (χ4n) is 2.07. The predicted molar refractivity (Wildman–Crippen MR) is 84.0 cm³/mol. The normalized spacial score (nSPS) is 10.5. The van der Waals surface area contributed by atoms with Crippen LogP contribution in [-0.2, 0) is 6.61 Å². The molecule has 7 nitrogen and oxygen atoms in total. The van der Waals surface area contributed by atoms with Gasteiger partial charge < -0.3 is 9.47 Å². The van der Waals surface area contributed by atoms with Gasteiger partial charge in [0, 0.05) is 17.8 Å². The summed E-state index contributed by atoms with van der Waals surface area (Å²) < 4.78 is 12.0. The summed E-state index contributed by atoms with van der Waals surface area (Å²) >= 11 is 0. The molecular formula is C16H16N4O3. The molecule has 2 aromatic heterocycles. The number of rotatable bonds is 5. The van der Waals surface area contributed by atoms with Gasteiger partial charge in [0.25, 0.3) is 5.56 Å². The molecule has 1 N–H and O–H groups in total. The molecule has 0 unspecified atom stereocenters. The fraction of sp³-hybridized carbons (Fsp3) is 0.188. The first-order valence-electron chi connectivity index (χ1n) is 7.04. The molecule has 118 valence electrons. The van der Waals surface area contributed by atoms with E-state index in [-0.39, 0.29) is 5.56 Å². The highest BCUT2D eigenvalue weighted by atomic mass is 16.5. The van der Waals surface area contributed by atoms with E-state index in [1.165, 1.54) is 10.7 Å². The molecule has 0 spiro atoms. The number of aromatic nitrogens is 4. The van der Waals surface area contributed by atoms with Crippen LogP contribution in [0.2, 0.25) is 0 Å². The summed E-state index contributed by atoms with van der Waals surface area (Å²) in [7, 11) is 1.62. The van der Waals surface area contributed by atoms with Crippen molar-refractivity contribution in [1.82, 2.24) is 20.0 Å². The second-order valence-corrected chi connectivity index (χ2v) is 4.98. The van der Waals surface area contributed by atoms with Gasteiger partial charge in [-0.2, -0.15) is 4.68 Å². The van der Waals surface area contributed by atoms with Crippen molar-refractivity contribution in [3.63, 3.8) is 0 Å². The number of nitrogens with zero attached hydrogens (tertiary/aromatic N) is 3. The first-order valence-corrected chi connectivity index (χ1v) is 7.04. The lowest BCUT2D eigenvalue weighted by molar-refractivity contribution is 0.290. The number of nitrogens with one attached hydrogen (secondary N) is 1. The van der Waals surface area contributed by atoms with Crippen LogP contribution in [0.5, 0.6) is 11.6 Å². The Labute approximate surface area is 132 Å². The maximum atomic E-state index is 11.7. The molecule has 0 aliphatic carbocycles. The molecule has 0 radical (unpaired) electrons. The number of benzene rings is 1. The summed E-state index contributed by atoms with van der Waals surface area (Å²) in [6.07, 6.45) is 0. The summed E-state index contributed by atoms with van der Waals surface area (Å²) in [4.78, 5) is 11.7. The Morgan fingerprint density at radius 3 is 2.48 bits per heavy atom. The average molecular weight is 312 g/mol. The minimum absolute atomic E-state index is 0.177. The molecule has 0 aliphatic heterocycles. The molecule has 3 rings (SSSR count). The third-order valence-electron chi connectivity index (χ3n) is 3.25. The van der Waals surface area contributed by atoms with Crippen LogP contribution in [0.25, 0.3) is 5.82 Å². The highest BCUT2D eigenvalue weighted by Crippen LogP contribution is 2.14. The Balaban J connectivity index is 1.67. The van der Waals surface area contributed by atoms with Gasteiger partial charge in [0.15, 0.2) is 5.82 Å². The molecule has 0 saturated heterocycles. The van der Waals surface area contributed by atoms with E-state index in [4.69, 9.17) is 9.47 Å². The van der Waals surface area contributed by atoms with Gasteiger partial charge in [-0.05, 0) is 30.7 Å². The van der Waals surface area contributed by atoms with E-state index in [1.807, 2.05) is 24.3 Å². The lowest BCUT2D eigenvalue weighted by Gasteiger charge is -2.06. The fourth-order valence-corrected chi connectivity index (χ4v) is 2.07. The van der Waals surface area contributed by atoms with Crippen LogP contribution in [0.4, 0.5) is 0 Å². The van der Waals surface area contributed by atoms with Gasteiger partial charge in [-0.15, -0.1) is 10.2 Å². The van der Waals surface area contributed by atoms with Crippen molar-refractivity contribution in [2.24, 2.45) is 0 Å². The lowest BCUT2D eigenvalue weighted by atomic mass is 10.2. The molecule has 0 amide bonds. The van der Waals surface area contributed by atoms with Crippen LogP contribution in [0.1, 0.15) is 11.3 Å². The number of hydrogen-bond donors (Lipinski definition) is 1. The highest BCUT2D eigenvalue weighted by molar-refractivity contribution is 5.27. The van der Waals surface area contributed by atoms with E-state index in [9.17, 15) is 4.79 Å². The molecule has 1 aromatic carbocycles. The van der Waals surface area contributed by atoms with Crippen molar-refractivity contribution in [3.05, 3.63) is 64.1 Å². The Morgan fingerprint density at radius 1 is 1.13 bits per heavy atom. The highest BCUT2D eigenvalue weighted by Gasteiger charge is 2.05. The van der Waals surface area contributed by atoms with E-state index < -0.39 is 0 Å². The molecule has 0 aliphatic rings. The van der Waals surface area contributed by atoms with E-state index in [0.29, 0.717) is 18.3 Å². The van der Waals surface area contributed by atoms with Gasteiger partial charge in [-0.25, -0.2) is 0 Å². The van der Waals surface area contributed by atoms with Gasteiger partial charge in [0.1, 0.15) is 12.4 Å². The van der Waals surface area contributed by atoms with E-state index in [2.05, 4.69) is 15.3 Å². The van der Waals surface area contributed by atoms with E-state index >= 15 is 0 Å². The summed E-state index contributed by atoms with van der Waals surface area (Å²) in [5.74, 6) is 1.60. The van der Waals surface area contributed by atoms with Gasteiger partial charge in [-0.1, -0.05) is 12.1 Å². The predicted octanol–water partition coefficient (Wildman–Crippen LogP) is 1.85.